The summed E-state index contributed by atoms with van der Waals surface area (Å²) in [7, 11) is 0. The lowest BCUT2D eigenvalue weighted by molar-refractivity contribution is -0.121. The van der Waals surface area contributed by atoms with Crippen LogP contribution in [0.5, 0.6) is 0 Å². The van der Waals surface area contributed by atoms with Crippen LogP contribution in [0.1, 0.15) is 33.9 Å². The SMILES string of the molecule is C=C1CO[C@H]2Cc3ccccc3[C@H]2N1CC(=O)Nc1ccc2c(c1)C[C@@]1(C2)C(=O)Nc2ncccc21. The maximum atomic E-state index is 13.2. The molecule has 3 atom stereocenters. The van der Waals surface area contributed by atoms with E-state index in [1.165, 1.54) is 11.1 Å². The number of anilines is 2. The number of nitrogens with zero attached hydrogens (tertiary/aromatic N) is 2. The molecule has 0 bridgehead atoms. The molecule has 2 amide bonds. The third-order valence-electron chi connectivity index (χ3n) is 8.13. The number of hydrogen-bond acceptors (Lipinski definition) is 5. The molecule has 0 radical (unpaired) electrons. The summed E-state index contributed by atoms with van der Waals surface area (Å²) < 4.78 is 6.05. The molecule has 2 aliphatic carbocycles. The predicted octanol–water partition coefficient (Wildman–Crippen LogP) is 3.52. The van der Waals surface area contributed by atoms with Crippen LogP contribution in [0.2, 0.25) is 0 Å². The zero-order valence-corrected chi connectivity index (χ0v) is 19.8. The van der Waals surface area contributed by atoms with Crippen LogP contribution in [0.4, 0.5) is 11.5 Å². The van der Waals surface area contributed by atoms with Gasteiger partial charge in [0.05, 0.1) is 30.7 Å². The Labute approximate surface area is 209 Å². The maximum Gasteiger partial charge on any atom is 0.243 e. The lowest BCUT2D eigenvalue weighted by Crippen LogP contribution is -2.44. The monoisotopic (exact) mass is 478 g/mol. The third-order valence-corrected chi connectivity index (χ3v) is 8.13. The normalized spacial score (nSPS) is 25.3. The zero-order valence-electron chi connectivity index (χ0n) is 19.8. The molecule has 2 aliphatic heterocycles. The van der Waals surface area contributed by atoms with Crippen LogP contribution in [-0.2, 0) is 39.0 Å². The summed E-state index contributed by atoms with van der Waals surface area (Å²) in [5, 5.41) is 6.02. The van der Waals surface area contributed by atoms with Gasteiger partial charge in [-0.25, -0.2) is 4.98 Å². The van der Waals surface area contributed by atoms with Gasteiger partial charge in [-0.15, -0.1) is 0 Å². The summed E-state index contributed by atoms with van der Waals surface area (Å²) >= 11 is 0. The maximum absolute atomic E-state index is 13.2. The van der Waals surface area contributed by atoms with E-state index < -0.39 is 5.41 Å². The number of fused-ring (bicyclic) bond motifs is 6. The predicted molar refractivity (Wildman–Crippen MR) is 135 cm³/mol. The Kier molecular flexibility index (Phi) is 4.60. The first-order valence-corrected chi connectivity index (χ1v) is 12.3. The highest BCUT2D eigenvalue weighted by Crippen LogP contribution is 2.47. The number of pyridine rings is 1. The van der Waals surface area contributed by atoms with Crippen LogP contribution in [0, 0.1) is 0 Å². The standard InChI is InChI=1S/C29H26N4O3/c1-17-16-36-24-12-18-5-2-3-6-22(18)26(24)33(17)15-25(34)31-21-9-8-19-13-29(14-20(19)11-21)23-7-4-10-30-27(23)32-28(29)35/h2-11,24,26H,1,12-16H2,(H,31,34)(H,30,32,35)/t24-,26+,29+/m0/s1. The van der Waals surface area contributed by atoms with E-state index in [1.807, 2.05) is 42.5 Å². The molecule has 7 rings (SSSR count). The van der Waals surface area contributed by atoms with Gasteiger partial charge < -0.3 is 20.3 Å². The first-order valence-electron chi connectivity index (χ1n) is 12.3. The number of carbonyl (C=O) groups is 2. The van der Waals surface area contributed by atoms with Crippen LogP contribution in [0.25, 0.3) is 0 Å². The number of rotatable bonds is 3. The smallest absolute Gasteiger partial charge is 0.243 e. The summed E-state index contributed by atoms with van der Waals surface area (Å²) in [6.07, 6.45) is 3.81. The third kappa shape index (κ3) is 3.12. The molecular weight excluding hydrogens is 452 g/mol. The lowest BCUT2D eigenvalue weighted by atomic mass is 9.79. The highest BCUT2D eigenvalue weighted by atomic mass is 16.5. The summed E-state index contributed by atoms with van der Waals surface area (Å²) in [6, 6.07) is 18.2. The number of nitrogens with one attached hydrogen (secondary N) is 2. The summed E-state index contributed by atoms with van der Waals surface area (Å²) in [5.41, 5.74) is 6.59. The van der Waals surface area contributed by atoms with Gasteiger partial charge in [0.2, 0.25) is 11.8 Å². The van der Waals surface area contributed by atoms with E-state index in [2.05, 4.69) is 39.2 Å². The van der Waals surface area contributed by atoms with Gasteiger partial charge in [-0.3, -0.25) is 9.59 Å². The van der Waals surface area contributed by atoms with Crippen molar-refractivity contribution in [1.29, 1.82) is 0 Å². The fraction of sp³-hybridized carbons (Fsp3) is 0.276. The molecule has 7 nitrogen and oxygen atoms in total. The van der Waals surface area contributed by atoms with E-state index in [1.54, 1.807) is 6.20 Å². The molecule has 0 saturated carbocycles. The van der Waals surface area contributed by atoms with Crippen molar-refractivity contribution < 1.29 is 14.3 Å². The molecule has 3 aromatic rings. The fourth-order valence-electron chi connectivity index (χ4n) is 6.45. The van der Waals surface area contributed by atoms with Gasteiger partial charge in [-0.2, -0.15) is 0 Å². The molecule has 0 unspecified atom stereocenters. The van der Waals surface area contributed by atoms with E-state index in [0.29, 0.717) is 25.3 Å². The molecule has 7 heteroatoms. The first-order chi connectivity index (χ1) is 17.5. The first kappa shape index (κ1) is 21.3. The minimum absolute atomic E-state index is 0.00244. The highest BCUT2D eigenvalue weighted by Gasteiger charge is 2.51. The van der Waals surface area contributed by atoms with Crippen LogP contribution in [0.15, 0.2) is 73.1 Å². The number of aromatic nitrogens is 1. The minimum Gasteiger partial charge on any atom is -0.369 e. The summed E-state index contributed by atoms with van der Waals surface area (Å²) in [4.78, 5) is 32.6. The molecule has 1 fully saturated rings. The number of amides is 2. The van der Waals surface area contributed by atoms with Gasteiger partial charge in [0, 0.05) is 29.6 Å². The van der Waals surface area contributed by atoms with E-state index in [9.17, 15) is 9.59 Å². The average Bonchev–Trinajstić information content (AvgIpc) is 3.52. The van der Waals surface area contributed by atoms with Crippen LogP contribution >= 0.6 is 0 Å². The largest absolute Gasteiger partial charge is 0.369 e. The molecular formula is C29H26N4O3. The number of hydrogen-bond donors (Lipinski definition) is 2. The van der Waals surface area contributed by atoms with Crippen molar-refractivity contribution in [2.24, 2.45) is 0 Å². The Balaban J connectivity index is 1.10. The van der Waals surface area contributed by atoms with Crippen LogP contribution in [0.3, 0.4) is 0 Å². The van der Waals surface area contributed by atoms with Crippen LogP contribution < -0.4 is 10.6 Å². The second-order valence-corrected chi connectivity index (χ2v) is 10.2. The topological polar surface area (TPSA) is 83.6 Å². The van der Waals surface area contributed by atoms with E-state index in [4.69, 9.17) is 4.74 Å². The number of morpholine rings is 1. The van der Waals surface area contributed by atoms with Crippen molar-refractivity contribution in [3.8, 4) is 0 Å². The van der Waals surface area contributed by atoms with Crippen molar-refractivity contribution in [3.05, 3.63) is 101 Å². The molecule has 2 aromatic carbocycles. The second-order valence-electron chi connectivity index (χ2n) is 10.2. The molecule has 3 heterocycles. The van der Waals surface area contributed by atoms with Crippen molar-refractivity contribution in [1.82, 2.24) is 9.88 Å². The summed E-state index contributed by atoms with van der Waals surface area (Å²) in [5.74, 6) is 0.554. The Morgan fingerprint density at radius 2 is 2.00 bits per heavy atom. The lowest BCUT2D eigenvalue weighted by Gasteiger charge is -2.40. The van der Waals surface area contributed by atoms with E-state index in [-0.39, 0.29) is 30.5 Å². The Hall–Kier alpha value is -3.97. The second kappa shape index (κ2) is 7.77. The van der Waals surface area contributed by atoms with Gasteiger partial charge in [0.1, 0.15) is 5.82 Å². The Morgan fingerprint density at radius 3 is 2.92 bits per heavy atom. The van der Waals surface area contributed by atoms with E-state index >= 15 is 0 Å². The number of benzene rings is 2. The summed E-state index contributed by atoms with van der Waals surface area (Å²) in [6.45, 7) is 4.82. The molecule has 1 saturated heterocycles. The Bertz CT molecular complexity index is 1450. The van der Waals surface area contributed by atoms with Crippen molar-refractivity contribution in [2.75, 3.05) is 23.8 Å². The molecule has 180 valence electrons. The fourth-order valence-corrected chi connectivity index (χ4v) is 6.45. The minimum atomic E-state index is -0.620. The highest BCUT2D eigenvalue weighted by molar-refractivity contribution is 6.06. The quantitative estimate of drug-likeness (QED) is 0.602. The van der Waals surface area contributed by atoms with Gasteiger partial charge >= 0.3 is 0 Å². The molecule has 36 heavy (non-hydrogen) atoms. The van der Waals surface area contributed by atoms with Gasteiger partial charge in [0.25, 0.3) is 0 Å². The van der Waals surface area contributed by atoms with Gasteiger partial charge in [-0.05, 0) is 53.3 Å². The molecule has 4 aliphatic rings. The van der Waals surface area contributed by atoms with Crippen molar-refractivity contribution in [3.63, 3.8) is 0 Å². The Morgan fingerprint density at radius 1 is 1.14 bits per heavy atom. The average molecular weight is 479 g/mol. The molecule has 1 aromatic heterocycles. The molecule has 1 spiro atoms. The zero-order chi connectivity index (χ0) is 24.4. The van der Waals surface area contributed by atoms with Gasteiger partial charge in [-0.1, -0.05) is 43.0 Å². The van der Waals surface area contributed by atoms with Crippen molar-refractivity contribution >= 4 is 23.3 Å². The molecule has 2 N–H and O–H groups in total. The van der Waals surface area contributed by atoms with E-state index in [0.717, 1.165) is 34.5 Å². The number of carbonyl (C=O) groups excluding carboxylic acids is 2. The number of ether oxygens (including phenoxy) is 1. The van der Waals surface area contributed by atoms with Crippen LogP contribution in [-0.4, -0.2) is 41.0 Å². The van der Waals surface area contributed by atoms with Crippen molar-refractivity contribution in [2.45, 2.75) is 36.8 Å². The van der Waals surface area contributed by atoms with Gasteiger partial charge in [0.15, 0.2) is 0 Å².